The summed E-state index contributed by atoms with van der Waals surface area (Å²) in [5, 5.41) is 2.53. The first-order chi connectivity index (χ1) is 14.5. The molecule has 2 rings (SSSR count). The number of nitrogens with one attached hydrogen (secondary N) is 1. The summed E-state index contributed by atoms with van der Waals surface area (Å²) in [6, 6.07) is 10.1. The Hall–Kier alpha value is -3.60. The van der Waals surface area contributed by atoms with Crippen molar-refractivity contribution in [3.8, 4) is 5.75 Å². The van der Waals surface area contributed by atoms with Crippen LogP contribution in [-0.4, -0.2) is 60.4 Å². The van der Waals surface area contributed by atoms with Crippen LogP contribution in [0.3, 0.4) is 0 Å². The van der Waals surface area contributed by atoms with Crippen LogP contribution in [-0.2, 0) is 24.3 Å². The third-order valence-corrected chi connectivity index (χ3v) is 5.33. The van der Waals surface area contributed by atoms with E-state index in [4.69, 9.17) is 4.74 Å². The van der Waals surface area contributed by atoms with Gasteiger partial charge in [0, 0.05) is 12.7 Å². The molecule has 0 bridgehead atoms. The van der Waals surface area contributed by atoms with Gasteiger partial charge in [-0.1, -0.05) is 0 Å². The molecule has 0 radical (unpaired) electrons. The van der Waals surface area contributed by atoms with Crippen LogP contribution in [0, 0.1) is 0 Å². The number of amides is 1. The van der Waals surface area contributed by atoms with Crippen LogP contribution in [0.15, 0.2) is 42.5 Å². The quantitative estimate of drug-likeness (QED) is 0.602. The number of nitrogens with zero attached hydrogens (tertiary/aromatic N) is 1. The number of hydrogen-bond acceptors (Lipinski definition) is 8. The topological polar surface area (TPSA) is 128 Å². The van der Waals surface area contributed by atoms with Crippen LogP contribution in [0.25, 0.3) is 0 Å². The fourth-order valence-electron chi connectivity index (χ4n) is 2.46. The number of anilines is 2. The first kappa shape index (κ1) is 23.7. The fraction of sp³-hybridized carbons (Fsp3) is 0.250. The number of sulfonamides is 1. The minimum absolute atomic E-state index is 0.0622. The van der Waals surface area contributed by atoms with E-state index in [1.165, 1.54) is 63.7 Å². The Labute approximate surface area is 179 Å². The van der Waals surface area contributed by atoms with Crippen molar-refractivity contribution >= 4 is 39.2 Å². The molecular weight excluding hydrogens is 428 g/mol. The lowest BCUT2D eigenvalue weighted by Gasteiger charge is -2.16. The first-order valence-electron chi connectivity index (χ1n) is 8.83. The fourth-order valence-corrected chi connectivity index (χ4v) is 2.97. The zero-order valence-electron chi connectivity index (χ0n) is 17.4. The van der Waals surface area contributed by atoms with Crippen molar-refractivity contribution in [1.29, 1.82) is 0 Å². The van der Waals surface area contributed by atoms with Gasteiger partial charge < -0.3 is 19.5 Å². The lowest BCUT2D eigenvalue weighted by Crippen LogP contribution is -2.24. The van der Waals surface area contributed by atoms with E-state index in [0.717, 1.165) is 10.6 Å². The highest BCUT2D eigenvalue weighted by Gasteiger charge is 2.15. The number of rotatable bonds is 8. The van der Waals surface area contributed by atoms with Crippen molar-refractivity contribution in [3.63, 3.8) is 0 Å². The van der Waals surface area contributed by atoms with Gasteiger partial charge in [0.05, 0.1) is 37.3 Å². The molecule has 0 aliphatic heterocycles. The molecule has 0 atom stereocenters. The van der Waals surface area contributed by atoms with E-state index in [-0.39, 0.29) is 23.4 Å². The maximum atomic E-state index is 12.2. The summed E-state index contributed by atoms with van der Waals surface area (Å²) < 4.78 is 38.9. The third-order valence-electron chi connectivity index (χ3n) is 4.13. The summed E-state index contributed by atoms with van der Waals surface area (Å²) in [6.07, 6.45) is 1.09. The van der Waals surface area contributed by atoms with Crippen molar-refractivity contribution in [1.82, 2.24) is 0 Å². The van der Waals surface area contributed by atoms with E-state index in [1.54, 1.807) is 0 Å². The maximum absolute atomic E-state index is 12.2. The number of esters is 2. The Morgan fingerprint density at radius 1 is 0.935 bits per heavy atom. The summed E-state index contributed by atoms with van der Waals surface area (Å²) in [5.41, 5.74) is 0.746. The van der Waals surface area contributed by atoms with E-state index >= 15 is 0 Å². The molecule has 11 heteroatoms. The SMILES string of the molecule is COC(=O)c1cc(NC(=O)COc2ccc(N(C)S(C)(=O)=O)cc2)cc(C(=O)OC)c1. The highest BCUT2D eigenvalue weighted by atomic mass is 32.2. The molecule has 0 heterocycles. The van der Waals surface area contributed by atoms with Gasteiger partial charge in [-0.05, 0) is 42.5 Å². The minimum atomic E-state index is -3.39. The average molecular weight is 450 g/mol. The Balaban J connectivity index is 2.07. The van der Waals surface area contributed by atoms with Crippen LogP contribution in [0.5, 0.6) is 5.75 Å². The second-order valence-electron chi connectivity index (χ2n) is 6.34. The van der Waals surface area contributed by atoms with E-state index in [2.05, 4.69) is 14.8 Å². The number of methoxy groups -OCH3 is 2. The van der Waals surface area contributed by atoms with Crippen molar-refractivity contribution in [2.24, 2.45) is 0 Å². The molecule has 0 saturated carbocycles. The molecule has 0 saturated heterocycles. The largest absolute Gasteiger partial charge is 0.484 e. The Bertz CT molecular complexity index is 1050. The summed E-state index contributed by atoms with van der Waals surface area (Å²) in [6.45, 7) is -0.364. The van der Waals surface area contributed by atoms with Crippen LogP contribution in [0.4, 0.5) is 11.4 Å². The number of hydrogen-bond donors (Lipinski definition) is 1. The van der Waals surface area contributed by atoms with Gasteiger partial charge in [0.15, 0.2) is 6.61 Å². The van der Waals surface area contributed by atoms with Gasteiger partial charge >= 0.3 is 11.9 Å². The van der Waals surface area contributed by atoms with Crippen molar-refractivity contribution in [2.45, 2.75) is 0 Å². The predicted octanol–water partition coefficient (Wildman–Crippen LogP) is 1.67. The van der Waals surface area contributed by atoms with Crippen LogP contribution >= 0.6 is 0 Å². The Kier molecular flexibility index (Phi) is 7.59. The van der Waals surface area contributed by atoms with Crippen molar-refractivity contribution in [3.05, 3.63) is 53.6 Å². The van der Waals surface area contributed by atoms with Crippen LogP contribution in [0.1, 0.15) is 20.7 Å². The minimum Gasteiger partial charge on any atom is -0.484 e. The zero-order chi connectivity index (χ0) is 23.2. The molecule has 0 aromatic heterocycles. The number of ether oxygens (including phenoxy) is 3. The van der Waals surface area contributed by atoms with Gasteiger partial charge in [0.1, 0.15) is 5.75 Å². The van der Waals surface area contributed by atoms with Gasteiger partial charge in [-0.25, -0.2) is 18.0 Å². The standard InChI is InChI=1S/C20H22N2O8S/c1-22(31(4,26)27)16-5-7-17(8-6-16)30-12-18(23)21-15-10-13(19(24)28-2)9-14(11-15)20(25)29-3/h5-11H,12H2,1-4H3,(H,21,23). The third kappa shape index (κ3) is 6.44. The van der Waals surface area contributed by atoms with E-state index < -0.39 is 27.9 Å². The Morgan fingerprint density at radius 2 is 1.45 bits per heavy atom. The molecule has 1 amide bonds. The summed E-state index contributed by atoms with van der Waals surface area (Å²) >= 11 is 0. The highest BCUT2D eigenvalue weighted by molar-refractivity contribution is 7.92. The molecule has 0 aliphatic carbocycles. The van der Waals surface area contributed by atoms with Crippen LogP contribution in [0.2, 0.25) is 0 Å². The Morgan fingerprint density at radius 3 is 1.90 bits per heavy atom. The molecule has 2 aromatic carbocycles. The number of carbonyl (C=O) groups excluding carboxylic acids is 3. The second kappa shape index (κ2) is 9.94. The van der Waals surface area contributed by atoms with Gasteiger partial charge in [0.25, 0.3) is 5.91 Å². The van der Waals surface area contributed by atoms with Gasteiger partial charge in [-0.15, -0.1) is 0 Å². The molecule has 31 heavy (non-hydrogen) atoms. The summed E-state index contributed by atoms with van der Waals surface area (Å²) in [5.74, 6) is -1.57. The number of benzene rings is 2. The monoisotopic (exact) mass is 450 g/mol. The zero-order valence-corrected chi connectivity index (χ0v) is 18.2. The number of carbonyl (C=O) groups is 3. The molecule has 2 aromatic rings. The smallest absolute Gasteiger partial charge is 0.337 e. The van der Waals surface area contributed by atoms with Crippen LogP contribution < -0.4 is 14.4 Å². The lowest BCUT2D eigenvalue weighted by molar-refractivity contribution is -0.118. The normalized spacial score (nSPS) is 10.7. The van der Waals surface area contributed by atoms with Gasteiger partial charge in [0.2, 0.25) is 10.0 Å². The van der Waals surface area contributed by atoms with Crippen molar-refractivity contribution < 1.29 is 37.0 Å². The van der Waals surface area contributed by atoms with Crippen molar-refractivity contribution in [2.75, 3.05) is 43.8 Å². The molecule has 166 valence electrons. The highest BCUT2D eigenvalue weighted by Crippen LogP contribution is 2.21. The summed E-state index contributed by atoms with van der Waals surface area (Å²) in [7, 11) is 0.416. The van der Waals surface area contributed by atoms with Gasteiger partial charge in [-0.3, -0.25) is 9.10 Å². The van der Waals surface area contributed by atoms with E-state index in [0.29, 0.717) is 11.4 Å². The molecule has 1 N–H and O–H groups in total. The molecule has 0 aliphatic rings. The average Bonchev–Trinajstić information content (AvgIpc) is 2.75. The van der Waals surface area contributed by atoms with Gasteiger partial charge in [-0.2, -0.15) is 0 Å². The van der Waals surface area contributed by atoms with E-state index in [9.17, 15) is 22.8 Å². The summed E-state index contributed by atoms with van der Waals surface area (Å²) in [4.78, 5) is 35.9. The molecule has 0 unspecified atom stereocenters. The predicted molar refractivity (Wildman–Crippen MR) is 113 cm³/mol. The molecule has 10 nitrogen and oxygen atoms in total. The first-order valence-corrected chi connectivity index (χ1v) is 10.7. The molecule has 0 spiro atoms. The van der Waals surface area contributed by atoms with E-state index in [1.807, 2.05) is 0 Å². The second-order valence-corrected chi connectivity index (χ2v) is 8.36. The molecule has 0 fully saturated rings. The lowest BCUT2D eigenvalue weighted by atomic mass is 10.1. The molecular formula is C20H22N2O8S. The maximum Gasteiger partial charge on any atom is 0.337 e.